The van der Waals surface area contributed by atoms with Crippen molar-refractivity contribution in [1.82, 2.24) is 9.78 Å². The Balaban J connectivity index is 1.70. The molecule has 4 aromatic rings. The second-order valence-corrected chi connectivity index (χ2v) is 8.34. The van der Waals surface area contributed by atoms with Gasteiger partial charge in [0.15, 0.2) is 0 Å². The Morgan fingerprint density at radius 1 is 0.943 bits per heavy atom. The van der Waals surface area contributed by atoms with Crippen LogP contribution in [0.3, 0.4) is 0 Å². The first-order valence-corrected chi connectivity index (χ1v) is 11.1. The number of rotatable bonds is 7. The van der Waals surface area contributed by atoms with E-state index in [9.17, 15) is 14.8 Å². The molecule has 1 aromatic heterocycles. The highest BCUT2D eigenvalue weighted by molar-refractivity contribution is 5.99. The summed E-state index contributed by atoms with van der Waals surface area (Å²) in [5.74, 6) is -1.08. The second kappa shape index (κ2) is 10.2. The van der Waals surface area contributed by atoms with E-state index in [0.717, 1.165) is 27.8 Å². The highest BCUT2D eigenvalue weighted by Crippen LogP contribution is 2.33. The SMILES string of the molecule is Cc1ccccc1[C@H](C/C(=N/O)c1ccc(=O)n(C)n1)c1ccc(-c2ccc(C(=O)O)cc2)cc1. The van der Waals surface area contributed by atoms with Gasteiger partial charge in [-0.2, -0.15) is 5.10 Å². The summed E-state index contributed by atoms with van der Waals surface area (Å²) in [5, 5.41) is 26.7. The molecule has 1 atom stereocenters. The number of hydrogen-bond donors (Lipinski definition) is 2. The second-order valence-electron chi connectivity index (χ2n) is 8.34. The average molecular weight is 468 g/mol. The van der Waals surface area contributed by atoms with Gasteiger partial charge < -0.3 is 10.3 Å². The van der Waals surface area contributed by atoms with Gasteiger partial charge in [0, 0.05) is 25.5 Å². The van der Waals surface area contributed by atoms with Crippen LogP contribution in [0.25, 0.3) is 11.1 Å². The molecule has 0 fully saturated rings. The number of nitrogens with zero attached hydrogens (tertiary/aromatic N) is 3. The molecule has 0 radical (unpaired) electrons. The number of aromatic carboxylic acids is 1. The van der Waals surface area contributed by atoms with Crippen molar-refractivity contribution in [2.75, 3.05) is 0 Å². The highest BCUT2D eigenvalue weighted by Gasteiger charge is 2.21. The number of aromatic nitrogens is 2. The maximum Gasteiger partial charge on any atom is 0.335 e. The summed E-state index contributed by atoms with van der Waals surface area (Å²) in [6.07, 6.45) is 0.374. The number of oxime groups is 1. The van der Waals surface area contributed by atoms with Crippen molar-refractivity contribution >= 4 is 11.7 Å². The minimum absolute atomic E-state index is 0.121. The Labute approximate surface area is 202 Å². The molecule has 0 spiro atoms. The highest BCUT2D eigenvalue weighted by atomic mass is 16.4. The summed E-state index contributed by atoms with van der Waals surface area (Å²) < 4.78 is 1.22. The zero-order valence-corrected chi connectivity index (χ0v) is 19.4. The third-order valence-electron chi connectivity index (χ3n) is 6.12. The fraction of sp³-hybridized carbons (Fsp3) is 0.143. The standard InChI is InChI=1S/C28H25N3O4/c1-18-5-3-4-6-23(18)24(17-26(30-35)25-15-16-27(32)31(2)29-25)21-11-7-19(8-12-21)20-9-13-22(14-10-20)28(33)34/h3-16,24,35H,17H2,1-2H3,(H,33,34)/b30-26-/t24-/m1/s1. The van der Waals surface area contributed by atoms with Gasteiger partial charge in [-0.3, -0.25) is 4.79 Å². The monoisotopic (exact) mass is 467 g/mol. The first-order chi connectivity index (χ1) is 16.9. The molecule has 0 saturated heterocycles. The molecule has 176 valence electrons. The minimum Gasteiger partial charge on any atom is -0.478 e. The van der Waals surface area contributed by atoms with E-state index in [1.54, 1.807) is 37.4 Å². The molecule has 7 nitrogen and oxygen atoms in total. The van der Waals surface area contributed by atoms with Crippen LogP contribution in [0.4, 0.5) is 0 Å². The molecule has 3 aromatic carbocycles. The average Bonchev–Trinajstić information content (AvgIpc) is 2.87. The maximum absolute atomic E-state index is 11.8. The van der Waals surface area contributed by atoms with E-state index >= 15 is 0 Å². The summed E-state index contributed by atoms with van der Waals surface area (Å²) in [5.41, 5.74) is 5.92. The van der Waals surface area contributed by atoms with Crippen molar-refractivity contribution in [3.63, 3.8) is 0 Å². The Morgan fingerprint density at radius 2 is 1.57 bits per heavy atom. The van der Waals surface area contributed by atoms with E-state index < -0.39 is 5.97 Å². The normalized spacial score (nSPS) is 12.3. The van der Waals surface area contributed by atoms with Gasteiger partial charge in [0.1, 0.15) is 11.4 Å². The fourth-order valence-electron chi connectivity index (χ4n) is 4.14. The van der Waals surface area contributed by atoms with Crippen molar-refractivity contribution in [3.05, 3.63) is 123 Å². The maximum atomic E-state index is 11.8. The number of carboxylic acid groups (broad SMARTS) is 1. The molecule has 7 heteroatoms. The van der Waals surface area contributed by atoms with Gasteiger partial charge in [-0.05, 0) is 52.9 Å². The Bertz CT molecular complexity index is 1440. The van der Waals surface area contributed by atoms with Crippen molar-refractivity contribution in [3.8, 4) is 11.1 Å². The van der Waals surface area contributed by atoms with E-state index in [1.807, 2.05) is 49.4 Å². The molecule has 0 aliphatic rings. The number of carboxylic acids is 1. The van der Waals surface area contributed by atoms with Crippen LogP contribution in [0, 0.1) is 6.92 Å². The Kier molecular flexibility index (Phi) is 6.87. The van der Waals surface area contributed by atoms with Crippen LogP contribution in [0.2, 0.25) is 0 Å². The van der Waals surface area contributed by atoms with Crippen LogP contribution in [0.1, 0.15) is 45.1 Å². The zero-order chi connectivity index (χ0) is 24.9. The van der Waals surface area contributed by atoms with Gasteiger partial charge in [-0.25, -0.2) is 9.48 Å². The third kappa shape index (κ3) is 5.19. The molecule has 0 amide bonds. The summed E-state index contributed by atoms with van der Waals surface area (Å²) in [6.45, 7) is 2.04. The fourth-order valence-corrected chi connectivity index (χ4v) is 4.14. The van der Waals surface area contributed by atoms with E-state index in [-0.39, 0.29) is 17.0 Å². The van der Waals surface area contributed by atoms with Gasteiger partial charge >= 0.3 is 5.97 Å². The lowest BCUT2D eigenvalue weighted by atomic mass is 9.83. The Morgan fingerprint density at radius 3 is 2.14 bits per heavy atom. The number of benzene rings is 3. The predicted octanol–water partition coefficient (Wildman–Crippen LogP) is 4.85. The van der Waals surface area contributed by atoms with Gasteiger partial charge in [-0.1, -0.05) is 65.8 Å². The molecule has 0 saturated carbocycles. The van der Waals surface area contributed by atoms with E-state index in [0.29, 0.717) is 17.8 Å². The van der Waals surface area contributed by atoms with E-state index in [2.05, 4.69) is 16.3 Å². The molecule has 0 aliphatic heterocycles. The van der Waals surface area contributed by atoms with E-state index in [1.165, 1.54) is 10.7 Å². The molecular weight excluding hydrogens is 442 g/mol. The first-order valence-electron chi connectivity index (χ1n) is 11.1. The summed E-state index contributed by atoms with van der Waals surface area (Å²) >= 11 is 0. The number of aryl methyl sites for hydroxylation is 2. The van der Waals surface area contributed by atoms with Gasteiger partial charge in [0.05, 0.1) is 5.56 Å². The molecule has 1 heterocycles. The molecule has 4 rings (SSSR count). The molecule has 0 unspecified atom stereocenters. The molecule has 0 bridgehead atoms. The van der Waals surface area contributed by atoms with Crippen molar-refractivity contribution in [2.24, 2.45) is 12.2 Å². The quantitative estimate of drug-likeness (QED) is 0.230. The van der Waals surface area contributed by atoms with Crippen LogP contribution >= 0.6 is 0 Å². The van der Waals surface area contributed by atoms with Crippen molar-refractivity contribution in [2.45, 2.75) is 19.3 Å². The number of hydrogen-bond acceptors (Lipinski definition) is 5. The van der Waals surface area contributed by atoms with E-state index in [4.69, 9.17) is 5.11 Å². The molecular formula is C28H25N3O4. The summed E-state index contributed by atoms with van der Waals surface area (Å²) in [4.78, 5) is 22.9. The lowest BCUT2D eigenvalue weighted by molar-refractivity contribution is 0.0697. The van der Waals surface area contributed by atoms with Gasteiger partial charge in [0.2, 0.25) is 0 Å². The smallest absolute Gasteiger partial charge is 0.335 e. The van der Waals surface area contributed by atoms with Crippen LogP contribution in [-0.4, -0.2) is 31.8 Å². The molecule has 2 N–H and O–H groups in total. The first kappa shape index (κ1) is 23.6. The van der Waals surface area contributed by atoms with Crippen LogP contribution < -0.4 is 5.56 Å². The molecule has 0 aliphatic carbocycles. The van der Waals surface area contributed by atoms with Crippen molar-refractivity contribution < 1.29 is 15.1 Å². The van der Waals surface area contributed by atoms with Crippen LogP contribution in [0.5, 0.6) is 0 Å². The third-order valence-corrected chi connectivity index (χ3v) is 6.12. The van der Waals surface area contributed by atoms with Gasteiger partial charge in [-0.15, -0.1) is 0 Å². The van der Waals surface area contributed by atoms with Gasteiger partial charge in [0.25, 0.3) is 5.56 Å². The lowest BCUT2D eigenvalue weighted by Gasteiger charge is -2.21. The zero-order valence-electron chi connectivity index (χ0n) is 19.4. The van der Waals surface area contributed by atoms with Crippen LogP contribution in [-0.2, 0) is 7.05 Å². The largest absolute Gasteiger partial charge is 0.478 e. The predicted molar refractivity (Wildman–Crippen MR) is 134 cm³/mol. The lowest BCUT2D eigenvalue weighted by Crippen LogP contribution is -2.22. The topological polar surface area (TPSA) is 105 Å². The molecule has 35 heavy (non-hydrogen) atoms. The number of carbonyl (C=O) groups is 1. The summed E-state index contributed by atoms with van der Waals surface area (Å²) in [6, 6.07) is 25.8. The summed E-state index contributed by atoms with van der Waals surface area (Å²) in [7, 11) is 1.56. The minimum atomic E-state index is -0.956. The Hall–Kier alpha value is -4.52. The van der Waals surface area contributed by atoms with Crippen molar-refractivity contribution in [1.29, 1.82) is 0 Å². The van der Waals surface area contributed by atoms with Crippen LogP contribution in [0.15, 0.2) is 94.9 Å².